The average molecular weight is 227 g/mol. The van der Waals surface area contributed by atoms with E-state index in [0.29, 0.717) is 24.7 Å². The van der Waals surface area contributed by atoms with E-state index in [1.807, 2.05) is 0 Å². The second kappa shape index (κ2) is 4.72. The molecule has 0 saturated carbocycles. The van der Waals surface area contributed by atoms with Gasteiger partial charge in [0.1, 0.15) is 0 Å². The van der Waals surface area contributed by atoms with Gasteiger partial charge in [-0.15, -0.1) is 0 Å². The van der Waals surface area contributed by atoms with Crippen molar-refractivity contribution >= 4 is 5.97 Å². The Kier molecular flexibility index (Phi) is 3.50. The molecule has 2 aliphatic heterocycles. The van der Waals surface area contributed by atoms with Crippen LogP contribution in [0.4, 0.5) is 0 Å². The minimum absolute atomic E-state index is 0.182. The van der Waals surface area contributed by atoms with E-state index in [-0.39, 0.29) is 5.92 Å². The van der Waals surface area contributed by atoms with E-state index in [1.54, 1.807) is 0 Å². The molecule has 1 N–H and O–H groups in total. The van der Waals surface area contributed by atoms with Gasteiger partial charge in [0.15, 0.2) is 0 Å². The molecule has 2 saturated heterocycles. The van der Waals surface area contributed by atoms with Crippen molar-refractivity contribution in [1.29, 1.82) is 0 Å². The highest BCUT2D eigenvalue weighted by Gasteiger charge is 2.39. The zero-order chi connectivity index (χ0) is 11.7. The fraction of sp³-hybridized carbons (Fsp3) is 0.917. The molecule has 0 aromatic heterocycles. The van der Waals surface area contributed by atoms with Crippen LogP contribution in [0.1, 0.15) is 33.1 Å². The Labute approximate surface area is 96.6 Å². The predicted molar refractivity (Wildman–Crippen MR) is 60.3 cm³/mol. The van der Waals surface area contributed by atoms with Crippen LogP contribution in [0.2, 0.25) is 0 Å². The van der Waals surface area contributed by atoms with Crippen LogP contribution in [0.5, 0.6) is 0 Å². The summed E-state index contributed by atoms with van der Waals surface area (Å²) in [5, 5.41) is 9.15. The van der Waals surface area contributed by atoms with Crippen LogP contribution in [0.25, 0.3) is 0 Å². The molecule has 0 amide bonds. The molecule has 0 aromatic carbocycles. The fourth-order valence-corrected chi connectivity index (χ4v) is 3.14. The minimum atomic E-state index is -0.642. The maximum Gasteiger partial charge on any atom is 0.306 e. The van der Waals surface area contributed by atoms with Gasteiger partial charge in [0.2, 0.25) is 0 Å². The van der Waals surface area contributed by atoms with Crippen LogP contribution in [-0.2, 0) is 9.53 Å². The summed E-state index contributed by atoms with van der Waals surface area (Å²) in [5.74, 6) is -0.825. The first-order valence-corrected chi connectivity index (χ1v) is 6.17. The third-order valence-corrected chi connectivity index (χ3v) is 3.81. The van der Waals surface area contributed by atoms with Crippen molar-refractivity contribution in [3.05, 3.63) is 0 Å². The molecular weight excluding hydrogens is 206 g/mol. The topological polar surface area (TPSA) is 49.8 Å². The largest absolute Gasteiger partial charge is 0.481 e. The number of nitrogens with zero attached hydrogens (tertiary/aromatic N) is 1. The standard InChI is InChI=1S/C12H21NO3/c1-8(2)13-10-4-3-9(12(14)15)5-11(13)7-16-6-10/h8-11H,3-7H2,1-2H3,(H,14,15). The zero-order valence-electron chi connectivity index (χ0n) is 10.1. The number of fused-ring (bicyclic) bond motifs is 2. The van der Waals surface area contributed by atoms with Gasteiger partial charge in [-0.1, -0.05) is 0 Å². The van der Waals surface area contributed by atoms with Gasteiger partial charge in [0, 0.05) is 18.1 Å². The van der Waals surface area contributed by atoms with E-state index in [4.69, 9.17) is 9.84 Å². The number of aliphatic carboxylic acids is 1. The predicted octanol–water partition coefficient (Wildman–Crippen LogP) is 1.35. The lowest BCUT2D eigenvalue weighted by Gasteiger charge is -2.43. The number of carboxylic acid groups (broad SMARTS) is 1. The molecule has 16 heavy (non-hydrogen) atoms. The van der Waals surface area contributed by atoms with Crippen molar-refractivity contribution in [1.82, 2.24) is 4.90 Å². The van der Waals surface area contributed by atoms with E-state index >= 15 is 0 Å². The van der Waals surface area contributed by atoms with Crippen molar-refractivity contribution < 1.29 is 14.6 Å². The molecule has 3 unspecified atom stereocenters. The van der Waals surface area contributed by atoms with Crippen molar-refractivity contribution in [2.45, 2.75) is 51.2 Å². The van der Waals surface area contributed by atoms with Crippen LogP contribution in [0.3, 0.4) is 0 Å². The maximum atomic E-state index is 11.1. The molecule has 2 bridgehead atoms. The summed E-state index contributed by atoms with van der Waals surface area (Å²) in [6, 6.07) is 1.19. The number of morpholine rings is 1. The Bertz CT molecular complexity index is 267. The molecule has 0 radical (unpaired) electrons. The second-order valence-electron chi connectivity index (χ2n) is 5.23. The van der Waals surface area contributed by atoms with Crippen molar-refractivity contribution in [3.8, 4) is 0 Å². The van der Waals surface area contributed by atoms with Gasteiger partial charge < -0.3 is 9.84 Å². The first kappa shape index (κ1) is 11.9. The Hall–Kier alpha value is -0.610. The van der Waals surface area contributed by atoms with Crippen LogP contribution >= 0.6 is 0 Å². The third-order valence-electron chi connectivity index (χ3n) is 3.81. The molecule has 92 valence electrons. The van der Waals surface area contributed by atoms with Crippen molar-refractivity contribution in [3.63, 3.8) is 0 Å². The first-order valence-electron chi connectivity index (χ1n) is 6.17. The molecule has 2 rings (SSSR count). The monoisotopic (exact) mass is 227 g/mol. The minimum Gasteiger partial charge on any atom is -0.481 e. The summed E-state index contributed by atoms with van der Waals surface area (Å²) in [7, 11) is 0. The Morgan fingerprint density at radius 3 is 2.62 bits per heavy atom. The second-order valence-corrected chi connectivity index (χ2v) is 5.23. The number of rotatable bonds is 2. The van der Waals surface area contributed by atoms with E-state index in [9.17, 15) is 4.79 Å². The third kappa shape index (κ3) is 2.23. The summed E-state index contributed by atoms with van der Waals surface area (Å²) >= 11 is 0. The molecule has 0 spiro atoms. The van der Waals surface area contributed by atoms with Crippen molar-refractivity contribution in [2.75, 3.05) is 13.2 Å². The number of hydrogen-bond acceptors (Lipinski definition) is 3. The van der Waals surface area contributed by atoms with Gasteiger partial charge in [0.05, 0.1) is 19.1 Å². The van der Waals surface area contributed by atoms with Crippen LogP contribution in [0.15, 0.2) is 0 Å². The lowest BCUT2D eigenvalue weighted by Crippen LogP contribution is -2.54. The Morgan fingerprint density at radius 2 is 2.00 bits per heavy atom. The molecule has 0 aliphatic carbocycles. The van der Waals surface area contributed by atoms with Gasteiger partial charge >= 0.3 is 5.97 Å². The van der Waals surface area contributed by atoms with Gasteiger partial charge in [-0.05, 0) is 33.1 Å². The summed E-state index contributed by atoms with van der Waals surface area (Å²) < 4.78 is 5.59. The number of ether oxygens (including phenoxy) is 1. The summed E-state index contributed by atoms with van der Waals surface area (Å²) in [6.07, 6.45) is 2.48. The van der Waals surface area contributed by atoms with Gasteiger partial charge in [-0.3, -0.25) is 9.69 Å². The Morgan fingerprint density at radius 1 is 1.31 bits per heavy atom. The fourth-order valence-electron chi connectivity index (χ4n) is 3.14. The summed E-state index contributed by atoms with van der Waals surface area (Å²) in [5.41, 5.74) is 0. The number of hydrogen-bond donors (Lipinski definition) is 1. The molecular formula is C12H21NO3. The maximum absolute atomic E-state index is 11.1. The van der Waals surface area contributed by atoms with Gasteiger partial charge in [-0.25, -0.2) is 0 Å². The van der Waals surface area contributed by atoms with Crippen LogP contribution in [0, 0.1) is 5.92 Å². The molecule has 2 heterocycles. The molecule has 2 fully saturated rings. The lowest BCUT2D eigenvalue weighted by molar-refractivity contribution is -0.142. The molecule has 3 atom stereocenters. The number of carboxylic acids is 1. The average Bonchev–Trinajstić information content (AvgIpc) is 2.33. The number of carbonyl (C=O) groups is 1. The van der Waals surface area contributed by atoms with E-state index in [2.05, 4.69) is 18.7 Å². The lowest BCUT2D eigenvalue weighted by atomic mass is 9.97. The highest BCUT2D eigenvalue weighted by atomic mass is 16.5. The van der Waals surface area contributed by atoms with E-state index in [1.165, 1.54) is 0 Å². The van der Waals surface area contributed by atoms with Crippen LogP contribution < -0.4 is 0 Å². The smallest absolute Gasteiger partial charge is 0.306 e. The highest BCUT2D eigenvalue weighted by molar-refractivity contribution is 5.70. The first-order chi connectivity index (χ1) is 7.59. The normalized spacial score (nSPS) is 36.1. The van der Waals surface area contributed by atoms with Gasteiger partial charge in [0.25, 0.3) is 0 Å². The molecule has 4 nitrogen and oxygen atoms in total. The van der Waals surface area contributed by atoms with E-state index < -0.39 is 5.97 Å². The highest BCUT2D eigenvalue weighted by Crippen LogP contribution is 2.31. The Balaban J connectivity index is 2.15. The van der Waals surface area contributed by atoms with Crippen molar-refractivity contribution in [2.24, 2.45) is 5.92 Å². The SMILES string of the molecule is CC(C)N1C2CCC(C(=O)O)CC1COC2. The zero-order valence-corrected chi connectivity index (χ0v) is 10.1. The van der Waals surface area contributed by atoms with E-state index in [0.717, 1.165) is 25.9 Å². The molecule has 2 aliphatic rings. The van der Waals surface area contributed by atoms with Gasteiger partial charge in [-0.2, -0.15) is 0 Å². The quantitative estimate of drug-likeness (QED) is 0.773. The molecule has 0 aromatic rings. The summed E-state index contributed by atoms with van der Waals surface area (Å²) in [4.78, 5) is 13.6. The van der Waals surface area contributed by atoms with Crippen LogP contribution in [-0.4, -0.2) is 47.3 Å². The summed E-state index contributed by atoms with van der Waals surface area (Å²) in [6.45, 7) is 5.83. The molecule has 4 heteroatoms.